The van der Waals surface area contributed by atoms with Crippen LogP contribution in [-0.2, 0) is 7.05 Å². The van der Waals surface area contributed by atoms with E-state index in [9.17, 15) is 14.9 Å². The van der Waals surface area contributed by atoms with Gasteiger partial charge in [-0.25, -0.2) is 4.98 Å². The number of nitrogens with zero attached hydrogens (tertiary/aromatic N) is 3. The van der Waals surface area contributed by atoms with Crippen LogP contribution in [0.4, 0.5) is 11.4 Å². The Bertz CT molecular complexity index is 696. The predicted molar refractivity (Wildman–Crippen MR) is 76.7 cm³/mol. The minimum atomic E-state index is -0.540. The summed E-state index contributed by atoms with van der Waals surface area (Å²) in [5.41, 5.74) is 1.49. The van der Waals surface area contributed by atoms with Gasteiger partial charge in [0.05, 0.1) is 23.0 Å². The lowest BCUT2D eigenvalue weighted by molar-refractivity contribution is -0.384. The van der Waals surface area contributed by atoms with Gasteiger partial charge in [-0.2, -0.15) is 0 Å². The van der Waals surface area contributed by atoms with E-state index in [1.54, 1.807) is 13.1 Å². The first kappa shape index (κ1) is 14.2. The number of carbonyl (C=O) groups excluding carboxylic acids is 1. The highest BCUT2D eigenvalue weighted by molar-refractivity contribution is 9.10. The average Bonchev–Trinajstić information content (AvgIpc) is 2.76. The van der Waals surface area contributed by atoms with E-state index < -0.39 is 10.8 Å². The lowest BCUT2D eigenvalue weighted by Gasteiger charge is -2.06. The maximum Gasteiger partial charge on any atom is 0.287 e. The summed E-state index contributed by atoms with van der Waals surface area (Å²) >= 11 is 3.27. The van der Waals surface area contributed by atoms with Crippen LogP contribution in [-0.4, -0.2) is 20.4 Å². The third-order valence-corrected chi connectivity index (χ3v) is 3.54. The van der Waals surface area contributed by atoms with E-state index in [2.05, 4.69) is 26.2 Å². The maximum absolute atomic E-state index is 12.1. The van der Waals surface area contributed by atoms with Gasteiger partial charge >= 0.3 is 0 Å². The highest BCUT2D eigenvalue weighted by Crippen LogP contribution is 2.19. The molecule has 8 heteroatoms. The molecule has 0 unspecified atom stereocenters. The molecule has 0 aromatic carbocycles. The number of nitrogens with one attached hydrogen (secondary N) is 1. The normalized spacial score (nSPS) is 10.3. The number of hydrogen-bond donors (Lipinski definition) is 1. The molecule has 0 aliphatic rings. The zero-order chi connectivity index (χ0) is 14.9. The van der Waals surface area contributed by atoms with Gasteiger partial charge in [0, 0.05) is 13.1 Å². The van der Waals surface area contributed by atoms with Crippen LogP contribution in [0.3, 0.4) is 0 Å². The van der Waals surface area contributed by atoms with Gasteiger partial charge in [0.1, 0.15) is 10.3 Å². The Balaban J connectivity index is 2.23. The van der Waals surface area contributed by atoms with E-state index in [0.29, 0.717) is 10.3 Å². The van der Waals surface area contributed by atoms with Crippen LogP contribution in [0.15, 0.2) is 29.1 Å². The van der Waals surface area contributed by atoms with Crippen molar-refractivity contribution in [2.75, 3.05) is 5.32 Å². The molecular formula is C12H11BrN4O3. The summed E-state index contributed by atoms with van der Waals surface area (Å²) in [7, 11) is 1.58. The van der Waals surface area contributed by atoms with Crippen molar-refractivity contribution in [3.05, 3.63) is 50.5 Å². The van der Waals surface area contributed by atoms with Crippen molar-refractivity contribution in [2.24, 2.45) is 7.05 Å². The number of hydrogen-bond acceptors (Lipinski definition) is 4. The third-order valence-electron chi connectivity index (χ3n) is 2.71. The third kappa shape index (κ3) is 2.85. The first-order valence-corrected chi connectivity index (χ1v) is 6.42. The molecule has 0 spiro atoms. The van der Waals surface area contributed by atoms with E-state index in [0.717, 1.165) is 5.56 Å². The zero-order valence-electron chi connectivity index (χ0n) is 10.8. The van der Waals surface area contributed by atoms with E-state index in [1.165, 1.54) is 23.0 Å². The van der Waals surface area contributed by atoms with Gasteiger partial charge in [0.25, 0.3) is 11.6 Å². The largest absolute Gasteiger partial charge is 0.340 e. The highest BCUT2D eigenvalue weighted by Gasteiger charge is 2.17. The molecule has 0 fully saturated rings. The maximum atomic E-state index is 12.1. The Hall–Kier alpha value is -2.22. The number of nitro groups is 1. The second-order valence-electron chi connectivity index (χ2n) is 4.24. The molecule has 0 atom stereocenters. The topological polar surface area (TPSA) is 90.1 Å². The molecule has 0 aliphatic carbocycles. The molecule has 0 saturated carbocycles. The molecule has 0 saturated heterocycles. The molecule has 1 amide bonds. The second-order valence-corrected chi connectivity index (χ2v) is 4.99. The molecule has 20 heavy (non-hydrogen) atoms. The summed E-state index contributed by atoms with van der Waals surface area (Å²) < 4.78 is 2.11. The van der Waals surface area contributed by atoms with Crippen LogP contribution >= 0.6 is 15.9 Å². The number of halogens is 1. The highest BCUT2D eigenvalue weighted by atomic mass is 79.9. The molecule has 2 rings (SSSR count). The Morgan fingerprint density at radius 3 is 2.75 bits per heavy atom. The van der Waals surface area contributed by atoms with E-state index in [4.69, 9.17) is 0 Å². The SMILES string of the molecule is Cc1cc(NC(=O)c2cc([N+](=O)[O-])cn2C)cnc1Br. The average molecular weight is 339 g/mol. The van der Waals surface area contributed by atoms with Gasteiger partial charge in [-0.15, -0.1) is 0 Å². The van der Waals surface area contributed by atoms with E-state index in [-0.39, 0.29) is 11.4 Å². The fourth-order valence-electron chi connectivity index (χ4n) is 1.69. The Morgan fingerprint density at radius 2 is 2.20 bits per heavy atom. The first-order valence-electron chi connectivity index (χ1n) is 5.62. The van der Waals surface area contributed by atoms with Gasteiger partial charge in [-0.05, 0) is 34.5 Å². The van der Waals surface area contributed by atoms with Crippen molar-refractivity contribution in [1.82, 2.24) is 9.55 Å². The van der Waals surface area contributed by atoms with Crippen molar-refractivity contribution in [2.45, 2.75) is 6.92 Å². The number of rotatable bonds is 3. The monoisotopic (exact) mass is 338 g/mol. The molecule has 2 aromatic rings. The van der Waals surface area contributed by atoms with Gasteiger partial charge in [-0.3, -0.25) is 14.9 Å². The molecule has 2 aromatic heterocycles. The summed E-state index contributed by atoms with van der Waals surface area (Å²) in [6.07, 6.45) is 2.80. The smallest absolute Gasteiger partial charge is 0.287 e. The molecule has 2 heterocycles. The fourth-order valence-corrected chi connectivity index (χ4v) is 1.91. The second kappa shape index (κ2) is 5.41. The van der Waals surface area contributed by atoms with Crippen LogP contribution in [0.25, 0.3) is 0 Å². The molecule has 0 bridgehead atoms. The van der Waals surface area contributed by atoms with E-state index in [1.807, 2.05) is 6.92 Å². The number of amides is 1. The zero-order valence-corrected chi connectivity index (χ0v) is 12.3. The van der Waals surface area contributed by atoms with Crippen LogP contribution in [0.5, 0.6) is 0 Å². The summed E-state index contributed by atoms with van der Waals surface area (Å²) in [4.78, 5) is 26.3. The van der Waals surface area contributed by atoms with Crippen molar-refractivity contribution in [3.63, 3.8) is 0 Å². The van der Waals surface area contributed by atoms with Gasteiger partial charge in [0.15, 0.2) is 0 Å². The molecule has 7 nitrogen and oxygen atoms in total. The summed E-state index contributed by atoms with van der Waals surface area (Å²) in [6, 6.07) is 2.99. The Morgan fingerprint density at radius 1 is 1.50 bits per heavy atom. The standard InChI is InChI=1S/C12H11BrN4O3/c1-7-3-8(5-14-11(7)13)15-12(18)10-4-9(17(19)20)6-16(10)2/h3-6H,1-2H3,(H,15,18). The van der Waals surface area contributed by atoms with Crippen LogP contribution in [0, 0.1) is 17.0 Å². The number of aryl methyl sites for hydroxylation is 2. The molecular weight excluding hydrogens is 328 g/mol. The first-order chi connectivity index (χ1) is 9.38. The van der Waals surface area contributed by atoms with Crippen LogP contribution in [0.1, 0.15) is 16.1 Å². The van der Waals surface area contributed by atoms with Crippen molar-refractivity contribution in [1.29, 1.82) is 0 Å². The number of pyridine rings is 1. The van der Waals surface area contributed by atoms with Crippen molar-refractivity contribution in [3.8, 4) is 0 Å². The molecule has 1 N–H and O–H groups in total. The number of carbonyl (C=O) groups is 1. The summed E-state index contributed by atoms with van der Waals surface area (Å²) in [5, 5.41) is 13.3. The minimum absolute atomic E-state index is 0.122. The van der Waals surface area contributed by atoms with Gasteiger partial charge in [0.2, 0.25) is 0 Å². The van der Waals surface area contributed by atoms with Gasteiger partial charge < -0.3 is 9.88 Å². The van der Waals surface area contributed by atoms with Crippen molar-refractivity contribution < 1.29 is 9.72 Å². The van der Waals surface area contributed by atoms with Gasteiger partial charge in [-0.1, -0.05) is 0 Å². The lowest BCUT2D eigenvalue weighted by Crippen LogP contribution is -2.15. The van der Waals surface area contributed by atoms with Crippen molar-refractivity contribution >= 4 is 33.2 Å². The summed E-state index contributed by atoms with van der Waals surface area (Å²) in [5.74, 6) is -0.427. The molecule has 104 valence electrons. The number of aromatic nitrogens is 2. The Labute approximate surface area is 122 Å². The fraction of sp³-hybridized carbons (Fsp3) is 0.167. The van der Waals surface area contributed by atoms with Crippen LogP contribution < -0.4 is 5.32 Å². The minimum Gasteiger partial charge on any atom is -0.340 e. The number of anilines is 1. The molecule has 0 radical (unpaired) electrons. The molecule has 0 aliphatic heterocycles. The summed E-state index contributed by atoms with van der Waals surface area (Å²) in [6.45, 7) is 1.85. The Kier molecular flexibility index (Phi) is 3.84. The predicted octanol–water partition coefficient (Wildman–Crippen LogP) is 2.65. The lowest BCUT2D eigenvalue weighted by atomic mass is 10.3. The van der Waals surface area contributed by atoms with Crippen LogP contribution in [0.2, 0.25) is 0 Å². The quantitative estimate of drug-likeness (QED) is 0.529. The van der Waals surface area contributed by atoms with E-state index >= 15 is 0 Å².